The third-order valence-corrected chi connectivity index (χ3v) is 4.81. The minimum Gasteiger partial charge on any atom is -0.494 e. The summed E-state index contributed by atoms with van der Waals surface area (Å²) in [5.41, 5.74) is 0.432. The average Bonchev–Trinajstić information content (AvgIpc) is 2.52. The van der Waals surface area contributed by atoms with E-state index in [0.717, 1.165) is 23.5 Å². The number of hydrogen-bond acceptors (Lipinski definition) is 5. The summed E-state index contributed by atoms with van der Waals surface area (Å²) in [5.74, 6) is 0.332. The molecule has 0 aliphatic heterocycles. The molecule has 1 aromatic rings. The number of rotatable bonds is 10. The van der Waals surface area contributed by atoms with Gasteiger partial charge in [-0.25, -0.2) is 8.42 Å². The van der Waals surface area contributed by atoms with Gasteiger partial charge in [0, 0.05) is 6.54 Å². The van der Waals surface area contributed by atoms with Crippen LogP contribution in [0, 0.1) is 0 Å². The van der Waals surface area contributed by atoms with Crippen molar-refractivity contribution >= 4 is 21.6 Å². The second-order valence-electron chi connectivity index (χ2n) is 6.11. The van der Waals surface area contributed by atoms with Gasteiger partial charge in [0.2, 0.25) is 15.9 Å². The molecule has 8 heteroatoms. The van der Waals surface area contributed by atoms with Crippen molar-refractivity contribution in [2.75, 3.05) is 44.4 Å². The summed E-state index contributed by atoms with van der Waals surface area (Å²) in [6.07, 6.45) is 1.90. The van der Waals surface area contributed by atoms with Crippen LogP contribution in [0.15, 0.2) is 24.3 Å². The van der Waals surface area contributed by atoms with Crippen molar-refractivity contribution in [3.05, 3.63) is 24.3 Å². The number of nitrogens with one attached hydrogen (secondary N) is 1. The van der Waals surface area contributed by atoms with Gasteiger partial charge in [0.15, 0.2) is 0 Å². The van der Waals surface area contributed by atoms with E-state index in [1.165, 1.54) is 0 Å². The van der Waals surface area contributed by atoms with Crippen molar-refractivity contribution in [3.63, 3.8) is 0 Å². The zero-order valence-corrected chi connectivity index (χ0v) is 16.5. The molecular weight excluding hydrogens is 342 g/mol. The monoisotopic (exact) mass is 371 g/mol. The highest BCUT2D eigenvalue weighted by atomic mass is 32.2. The predicted octanol–water partition coefficient (Wildman–Crippen LogP) is 1.31. The standard InChI is InChI=1S/C17H29N3O4S/c1-6-24-16-10-8-15(9-11-16)20(25(5,22)23)14(2)17(21)18-12-7-13-19(3)4/h8-11,14H,6-7,12-13H2,1-5H3,(H,18,21)/t14-/m0/s1. The Bertz CT molecular complexity index is 644. The number of carbonyl (C=O) groups is 1. The molecule has 0 aliphatic carbocycles. The van der Waals surface area contributed by atoms with Gasteiger partial charge in [-0.2, -0.15) is 0 Å². The predicted molar refractivity (Wildman–Crippen MR) is 101 cm³/mol. The largest absolute Gasteiger partial charge is 0.494 e. The molecule has 1 rings (SSSR count). The van der Waals surface area contributed by atoms with Gasteiger partial charge >= 0.3 is 0 Å². The summed E-state index contributed by atoms with van der Waals surface area (Å²) in [5, 5.41) is 2.80. The van der Waals surface area contributed by atoms with E-state index in [-0.39, 0.29) is 5.91 Å². The summed E-state index contributed by atoms with van der Waals surface area (Å²) in [6, 6.07) is 5.83. The van der Waals surface area contributed by atoms with Crippen LogP contribution in [0.5, 0.6) is 5.75 Å². The van der Waals surface area contributed by atoms with E-state index in [1.807, 2.05) is 25.9 Å². The van der Waals surface area contributed by atoms with E-state index < -0.39 is 16.1 Å². The molecule has 25 heavy (non-hydrogen) atoms. The Kier molecular flexibility index (Phi) is 8.18. The van der Waals surface area contributed by atoms with E-state index in [4.69, 9.17) is 4.74 Å². The zero-order chi connectivity index (χ0) is 19.0. The highest BCUT2D eigenvalue weighted by Gasteiger charge is 2.28. The first-order valence-electron chi connectivity index (χ1n) is 8.31. The molecule has 0 aromatic heterocycles. The lowest BCUT2D eigenvalue weighted by molar-refractivity contribution is -0.121. The fourth-order valence-electron chi connectivity index (χ4n) is 2.42. The molecule has 7 nitrogen and oxygen atoms in total. The SMILES string of the molecule is CCOc1ccc(N([C@@H](C)C(=O)NCCCN(C)C)S(C)(=O)=O)cc1. The highest BCUT2D eigenvalue weighted by Crippen LogP contribution is 2.24. The first-order valence-corrected chi connectivity index (χ1v) is 10.2. The van der Waals surface area contributed by atoms with Crippen LogP contribution in [0.4, 0.5) is 5.69 Å². The fourth-order valence-corrected chi connectivity index (χ4v) is 3.59. The van der Waals surface area contributed by atoms with Gasteiger partial charge in [0.25, 0.3) is 0 Å². The molecule has 0 unspecified atom stereocenters. The molecule has 0 fully saturated rings. The Hall–Kier alpha value is -1.80. The molecule has 0 heterocycles. The summed E-state index contributed by atoms with van der Waals surface area (Å²) in [6.45, 7) is 5.34. The van der Waals surface area contributed by atoms with Crippen LogP contribution in [0.25, 0.3) is 0 Å². The van der Waals surface area contributed by atoms with Crippen molar-refractivity contribution in [1.82, 2.24) is 10.2 Å². The topological polar surface area (TPSA) is 79.0 Å². The van der Waals surface area contributed by atoms with E-state index >= 15 is 0 Å². The Labute approximate surface area is 151 Å². The number of anilines is 1. The minimum absolute atomic E-state index is 0.321. The number of sulfonamides is 1. The number of amides is 1. The van der Waals surface area contributed by atoms with E-state index in [1.54, 1.807) is 31.2 Å². The quantitative estimate of drug-likeness (QED) is 0.628. The van der Waals surface area contributed by atoms with Gasteiger partial charge in [-0.1, -0.05) is 0 Å². The zero-order valence-electron chi connectivity index (χ0n) is 15.7. The van der Waals surface area contributed by atoms with Gasteiger partial charge < -0.3 is 15.0 Å². The molecule has 1 aromatic carbocycles. The van der Waals surface area contributed by atoms with Crippen LogP contribution in [0.2, 0.25) is 0 Å². The maximum Gasteiger partial charge on any atom is 0.243 e. The van der Waals surface area contributed by atoms with Crippen molar-refractivity contribution in [2.45, 2.75) is 26.3 Å². The molecule has 1 amide bonds. The molecule has 0 bridgehead atoms. The first kappa shape index (κ1) is 21.2. The summed E-state index contributed by atoms with van der Waals surface area (Å²) < 4.78 is 30.9. The number of benzene rings is 1. The molecule has 142 valence electrons. The van der Waals surface area contributed by atoms with Gasteiger partial charge in [-0.15, -0.1) is 0 Å². The maximum absolute atomic E-state index is 12.4. The normalized spacial score (nSPS) is 12.7. The van der Waals surface area contributed by atoms with Crippen LogP contribution in [0.3, 0.4) is 0 Å². The molecule has 1 N–H and O–H groups in total. The Balaban J connectivity index is 2.86. The number of nitrogens with zero attached hydrogens (tertiary/aromatic N) is 2. The van der Waals surface area contributed by atoms with Crippen molar-refractivity contribution in [3.8, 4) is 5.75 Å². The lowest BCUT2D eigenvalue weighted by Gasteiger charge is -2.28. The van der Waals surface area contributed by atoms with Crippen molar-refractivity contribution in [1.29, 1.82) is 0 Å². The summed E-state index contributed by atoms with van der Waals surface area (Å²) in [4.78, 5) is 14.4. The van der Waals surface area contributed by atoms with Crippen molar-refractivity contribution in [2.24, 2.45) is 0 Å². The lowest BCUT2D eigenvalue weighted by atomic mass is 10.2. The smallest absolute Gasteiger partial charge is 0.243 e. The molecular formula is C17H29N3O4S. The number of hydrogen-bond donors (Lipinski definition) is 1. The molecule has 0 radical (unpaired) electrons. The lowest BCUT2D eigenvalue weighted by Crippen LogP contribution is -2.48. The van der Waals surface area contributed by atoms with Gasteiger partial charge in [-0.05, 0) is 65.2 Å². The molecule has 0 saturated heterocycles. The fraction of sp³-hybridized carbons (Fsp3) is 0.588. The van der Waals surface area contributed by atoms with E-state index in [2.05, 4.69) is 5.32 Å². The summed E-state index contributed by atoms with van der Waals surface area (Å²) >= 11 is 0. The average molecular weight is 372 g/mol. The van der Waals surface area contributed by atoms with Gasteiger partial charge in [0.05, 0.1) is 18.6 Å². The van der Waals surface area contributed by atoms with Crippen LogP contribution < -0.4 is 14.4 Å². The van der Waals surface area contributed by atoms with Crippen LogP contribution in [-0.4, -0.2) is 65.3 Å². The van der Waals surface area contributed by atoms with Gasteiger partial charge in [-0.3, -0.25) is 9.10 Å². The van der Waals surface area contributed by atoms with Crippen LogP contribution in [-0.2, 0) is 14.8 Å². The van der Waals surface area contributed by atoms with E-state index in [9.17, 15) is 13.2 Å². The molecule has 0 aliphatic rings. The molecule has 1 atom stereocenters. The van der Waals surface area contributed by atoms with E-state index in [0.29, 0.717) is 24.6 Å². The first-order chi connectivity index (χ1) is 11.7. The third kappa shape index (κ3) is 6.91. The second kappa shape index (κ2) is 9.62. The highest BCUT2D eigenvalue weighted by molar-refractivity contribution is 7.92. The minimum atomic E-state index is -3.61. The number of carbonyl (C=O) groups excluding carboxylic acids is 1. The Morgan fingerprint density at radius 3 is 2.32 bits per heavy atom. The van der Waals surface area contributed by atoms with Gasteiger partial charge in [0.1, 0.15) is 11.8 Å². The maximum atomic E-state index is 12.4. The summed E-state index contributed by atoms with van der Waals surface area (Å²) in [7, 11) is 0.312. The second-order valence-corrected chi connectivity index (χ2v) is 7.97. The molecule has 0 saturated carbocycles. The molecule has 0 spiro atoms. The third-order valence-electron chi connectivity index (χ3n) is 3.57. The Morgan fingerprint density at radius 2 is 1.84 bits per heavy atom. The van der Waals surface area contributed by atoms with Crippen molar-refractivity contribution < 1.29 is 17.9 Å². The van der Waals surface area contributed by atoms with Crippen LogP contribution in [0.1, 0.15) is 20.3 Å². The van der Waals surface area contributed by atoms with Crippen LogP contribution >= 0.6 is 0 Å². The number of ether oxygens (including phenoxy) is 1. The Morgan fingerprint density at radius 1 is 1.24 bits per heavy atom.